The van der Waals surface area contributed by atoms with E-state index >= 15 is 0 Å². The number of imide groups is 1. The molecule has 0 fully saturated rings. The Bertz CT molecular complexity index is 894. The summed E-state index contributed by atoms with van der Waals surface area (Å²) in [5.41, 5.74) is 0.536. The number of hydrogen-bond donors (Lipinski definition) is 0. The van der Waals surface area contributed by atoms with E-state index in [0.717, 1.165) is 11.3 Å². The van der Waals surface area contributed by atoms with Crippen molar-refractivity contribution in [2.24, 2.45) is 0 Å². The number of Topliss-reactive ketones (excluding diaryl/α,β-unsaturated/α-hetero) is 1. The van der Waals surface area contributed by atoms with Crippen LogP contribution in [-0.4, -0.2) is 47.6 Å². The second-order valence-corrected chi connectivity index (χ2v) is 7.37. The quantitative estimate of drug-likeness (QED) is 0.240. The molecular weight excluding hydrogens is 448 g/mol. The molecule has 2 aliphatic rings. The molecule has 0 aromatic heterocycles. The zero-order valence-corrected chi connectivity index (χ0v) is 17.2. The molecule has 1 aliphatic heterocycles. The van der Waals surface area contributed by atoms with Crippen molar-refractivity contribution in [1.82, 2.24) is 4.90 Å². The van der Waals surface area contributed by atoms with Gasteiger partial charge >= 0.3 is 0 Å². The number of nitrogens with zero attached hydrogens (tertiary/aromatic N) is 1. The van der Waals surface area contributed by atoms with E-state index in [1.807, 2.05) is 6.08 Å². The summed E-state index contributed by atoms with van der Waals surface area (Å²) < 4.78 is 34.2. The molecule has 1 aromatic rings. The number of hydrogen-bond acceptors (Lipinski definition) is 4. The number of ketones is 1. The van der Waals surface area contributed by atoms with Gasteiger partial charge in [-0.15, -0.1) is 0 Å². The third-order valence-corrected chi connectivity index (χ3v) is 5.36. The summed E-state index contributed by atoms with van der Waals surface area (Å²) in [6.07, 6.45) is 5.05. The number of ether oxygens (including phenoxy) is 1. The highest BCUT2D eigenvalue weighted by Crippen LogP contribution is 2.32. The van der Waals surface area contributed by atoms with Crippen molar-refractivity contribution in [3.8, 4) is 0 Å². The van der Waals surface area contributed by atoms with E-state index in [2.05, 4.69) is 15.9 Å². The summed E-state index contributed by atoms with van der Waals surface area (Å²) in [5, 5.41) is -0.0496. The fourth-order valence-electron chi connectivity index (χ4n) is 3.41. The first kappa shape index (κ1) is 21.5. The normalized spacial score (nSPS) is 16.6. The molecule has 2 amide bonds. The molecule has 0 saturated heterocycles. The molecule has 29 heavy (non-hydrogen) atoms. The molecule has 8 heteroatoms. The van der Waals surface area contributed by atoms with Crippen LogP contribution in [0.3, 0.4) is 0 Å². The molecule has 0 bridgehead atoms. The molecule has 154 valence electrons. The predicted octanol–water partition coefficient (Wildman–Crippen LogP) is 3.78. The lowest BCUT2D eigenvalue weighted by atomic mass is 9.99. The highest BCUT2D eigenvalue weighted by Gasteiger charge is 2.37. The van der Waals surface area contributed by atoms with E-state index in [-0.39, 0.29) is 47.8 Å². The van der Waals surface area contributed by atoms with Gasteiger partial charge in [-0.25, -0.2) is 0 Å². The maximum absolute atomic E-state index is 14.5. The topological polar surface area (TPSA) is 63.7 Å². The number of carbonyl (C=O) groups excluding carboxylic acids is 3. The number of benzene rings is 1. The lowest BCUT2D eigenvalue weighted by molar-refractivity contribution is -0.138. The Balaban J connectivity index is 1.51. The first-order chi connectivity index (χ1) is 13.9. The van der Waals surface area contributed by atoms with Crippen LogP contribution in [0.1, 0.15) is 35.2 Å². The Morgan fingerprint density at radius 2 is 1.97 bits per heavy atom. The van der Waals surface area contributed by atoms with Crippen LogP contribution in [0.2, 0.25) is 0 Å². The maximum atomic E-state index is 14.5. The van der Waals surface area contributed by atoms with Crippen LogP contribution < -0.4 is 0 Å². The van der Waals surface area contributed by atoms with E-state index < -0.39 is 18.3 Å². The highest BCUT2D eigenvalue weighted by molar-refractivity contribution is 9.09. The molecule has 5 nitrogen and oxygen atoms in total. The molecule has 0 N–H and O–H groups in total. The summed E-state index contributed by atoms with van der Waals surface area (Å²) in [7, 11) is 0. The van der Waals surface area contributed by atoms with Crippen molar-refractivity contribution in [2.45, 2.75) is 25.2 Å². The Morgan fingerprint density at radius 3 is 2.69 bits per heavy atom. The summed E-state index contributed by atoms with van der Waals surface area (Å²) in [5.74, 6) is -4.41. The van der Waals surface area contributed by atoms with Crippen LogP contribution >= 0.6 is 15.9 Å². The van der Waals surface area contributed by atoms with Crippen molar-refractivity contribution < 1.29 is 27.9 Å². The number of allylic oxidation sites excluding steroid dienone is 1. The first-order valence-corrected chi connectivity index (χ1v) is 10.4. The minimum absolute atomic E-state index is 0.0400. The zero-order chi connectivity index (χ0) is 21.0. The van der Waals surface area contributed by atoms with Gasteiger partial charge in [0.1, 0.15) is 6.61 Å². The average Bonchev–Trinajstić information content (AvgIpc) is 2.98. The number of alkyl halides is 3. The number of carbonyl (C=O) groups is 3. The van der Waals surface area contributed by atoms with Gasteiger partial charge in [0.2, 0.25) is 0 Å². The first-order valence-electron chi connectivity index (χ1n) is 9.27. The summed E-state index contributed by atoms with van der Waals surface area (Å²) in [4.78, 5) is 37.6. The van der Waals surface area contributed by atoms with E-state index in [0.29, 0.717) is 17.6 Å². The fraction of sp³-hybridized carbons (Fsp3) is 0.381. The molecule has 3 rings (SSSR count). The molecule has 1 aromatic carbocycles. The fourth-order valence-corrected chi connectivity index (χ4v) is 3.71. The third kappa shape index (κ3) is 4.53. The van der Waals surface area contributed by atoms with Crippen LogP contribution in [0.25, 0.3) is 0 Å². The molecular formula is C21H20BrF2NO4. The summed E-state index contributed by atoms with van der Waals surface area (Å²) in [6.45, 7) is -0.816. The molecule has 1 aliphatic carbocycles. The Hall–Kier alpha value is -2.19. The molecule has 0 atom stereocenters. The SMILES string of the molecule is O=C(CBr)c1ccccc1C(F)(F)COCCCN1C(=O)C2=C(CCC=C2)C1=O. The standard InChI is InChI=1S/C21H20BrF2NO4/c22-12-18(26)16-8-3-4-9-17(16)21(23,24)13-29-11-5-10-25-19(27)14-6-1-2-7-15(14)20(25)28/h1,3-4,6,8-9H,2,5,7,10-13H2. The van der Waals surface area contributed by atoms with Gasteiger partial charge < -0.3 is 4.74 Å². The van der Waals surface area contributed by atoms with Gasteiger partial charge in [-0.2, -0.15) is 8.78 Å². The van der Waals surface area contributed by atoms with Crippen molar-refractivity contribution in [1.29, 1.82) is 0 Å². The van der Waals surface area contributed by atoms with Crippen molar-refractivity contribution in [2.75, 3.05) is 25.1 Å². The summed E-state index contributed by atoms with van der Waals surface area (Å²) in [6, 6.07) is 5.55. The zero-order valence-electron chi connectivity index (χ0n) is 15.6. The van der Waals surface area contributed by atoms with E-state index in [1.54, 1.807) is 6.08 Å². The van der Waals surface area contributed by atoms with Crippen LogP contribution in [0.4, 0.5) is 8.78 Å². The lowest BCUT2D eigenvalue weighted by Gasteiger charge is -2.20. The molecule has 0 spiro atoms. The van der Waals surface area contributed by atoms with Gasteiger partial charge in [-0.05, 0) is 19.3 Å². The number of halogens is 3. The third-order valence-electron chi connectivity index (χ3n) is 4.85. The largest absolute Gasteiger partial charge is 0.375 e. The second kappa shape index (κ2) is 9.09. The van der Waals surface area contributed by atoms with Crippen LogP contribution in [0, 0.1) is 0 Å². The Kier molecular flexibility index (Phi) is 6.74. The van der Waals surface area contributed by atoms with Crippen molar-refractivity contribution in [3.63, 3.8) is 0 Å². The van der Waals surface area contributed by atoms with E-state index in [1.165, 1.54) is 24.3 Å². The average molecular weight is 468 g/mol. The monoisotopic (exact) mass is 467 g/mol. The van der Waals surface area contributed by atoms with Crippen LogP contribution in [0.5, 0.6) is 0 Å². The van der Waals surface area contributed by atoms with Gasteiger partial charge in [0, 0.05) is 35.4 Å². The minimum atomic E-state index is -3.33. The minimum Gasteiger partial charge on any atom is -0.375 e. The Labute approximate surface area is 175 Å². The molecule has 1 heterocycles. The van der Waals surface area contributed by atoms with Gasteiger partial charge in [0.25, 0.3) is 17.7 Å². The van der Waals surface area contributed by atoms with Gasteiger partial charge in [-0.1, -0.05) is 52.3 Å². The molecule has 0 saturated carbocycles. The van der Waals surface area contributed by atoms with Gasteiger partial charge in [0.05, 0.1) is 5.33 Å². The lowest BCUT2D eigenvalue weighted by Crippen LogP contribution is -2.33. The predicted molar refractivity (Wildman–Crippen MR) is 106 cm³/mol. The molecule has 0 unspecified atom stereocenters. The van der Waals surface area contributed by atoms with E-state index in [4.69, 9.17) is 4.74 Å². The maximum Gasteiger partial charge on any atom is 0.296 e. The van der Waals surface area contributed by atoms with Gasteiger partial charge in [0.15, 0.2) is 5.78 Å². The van der Waals surface area contributed by atoms with E-state index in [9.17, 15) is 23.2 Å². The van der Waals surface area contributed by atoms with Crippen molar-refractivity contribution >= 4 is 33.5 Å². The second-order valence-electron chi connectivity index (χ2n) is 6.81. The number of rotatable bonds is 9. The summed E-state index contributed by atoms with van der Waals surface area (Å²) >= 11 is 3.00. The van der Waals surface area contributed by atoms with Crippen molar-refractivity contribution in [3.05, 3.63) is 58.7 Å². The molecule has 0 radical (unpaired) electrons. The van der Waals surface area contributed by atoms with Crippen LogP contribution in [0.15, 0.2) is 47.6 Å². The smallest absolute Gasteiger partial charge is 0.296 e. The Morgan fingerprint density at radius 1 is 1.21 bits per heavy atom. The van der Waals surface area contributed by atoms with Gasteiger partial charge in [-0.3, -0.25) is 19.3 Å². The van der Waals surface area contributed by atoms with Crippen LogP contribution in [-0.2, 0) is 20.2 Å². The highest BCUT2D eigenvalue weighted by atomic mass is 79.9. The number of amides is 2.